The van der Waals surface area contributed by atoms with Crippen LogP contribution < -0.4 is 4.90 Å². The number of hydrogen-bond acceptors (Lipinski definition) is 1. The van der Waals surface area contributed by atoms with E-state index < -0.39 is 0 Å². The molecule has 1 heterocycles. The molecule has 1 aliphatic heterocycles. The van der Waals surface area contributed by atoms with E-state index in [1.54, 1.807) is 0 Å². The second kappa shape index (κ2) is 3.67. The van der Waals surface area contributed by atoms with Crippen molar-refractivity contribution >= 4 is 11.4 Å². The maximum atomic E-state index is 2.40. The maximum absolute atomic E-state index is 2.40. The van der Waals surface area contributed by atoms with Gasteiger partial charge in [0.1, 0.15) is 0 Å². The highest BCUT2D eigenvalue weighted by molar-refractivity contribution is 5.69. The van der Waals surface area contributed by atoms with Crippen molar-refractivity contribution < 1.29 is 0 Å². The van der Waals surface area contributed by atoms with Crippen LogP contribution in [0.3, 0.4) is 0 Å². The van der Waals surface area contributed by atoms with Gasteiger partial charge >= 0.3 is 0 Å². The lowest BCUT2D eigenvalue weighted by atomic mass is 10.1. The minimum atomic E-state index is 1.10. The summed E-state index contributed by atoms with van der Waals surface area (Å²) in [6, 6.07) is 17.4. The number of hydrogen-bond donors (Lipinski definition) is 0. The molecule has 0 amide bonds. The van der Waals surface area contributed by atoms with Gasteiger partial charge in [0.05, 0.1) is 0 Å². The molecule has 80 valence electrons. The second-order valence-electron chi connectivity index (χ2n) is 4.37. The van der Waals surface area contributed by atoms with E-state index in [2.05, 4.69) is 60.4 Å². The molecule has 0 bridgehead atoms. The van der Waals surface area contributed by atoms with E-state index in [0.29, 0.717) is 0 Å². The predicted octanol–water partition coefficient (Wildman–Crippen LogP) is 3.69. The first-order valence-corrected chi connectivity index (χ1v) is 5.77. The van der Waals surface area contributed by atoms with E-state index >= 15 is 0 Å². The fraction of sp³-hybridized carbons (Fsp3) is 0.200. The number of aryl methyl sites for hydroxylation is 1. The highest BCUT2D eigenvalue weighted by atomic mass is 15.2. The van der Waals surface area contributed by atoms with Crippen molar-refractivity contribution in [1.82, 2.24) is 0 Å². The van der Waals surface area contributed by atoms with Crippen LogP contribution in [-0.4, -0.2) is 6.54 Å². The molecule has 0 aromatic heterocycles. The Hall–Kier alpha value is -1.76. The fourth-order valence-electron chi connectivity index (χ4n) is 2.33. The molecule has 0 atom stereocenters. The topological polar surface area (TPSA) is 3.24 Å². The highest BCUT2D eigenvalue weighted by Gasteiger charge is 2.19. The molecule has 1 nitrogen and oxygen atoms in total. The molecule has 2 aromatic rings. The van der Waals surface area contributed by atoms with Crippen LogP contribution in [0.5, 0.6) is 0 Å². The van der Waals surface area contributed by atoms with E-state index in [1.165, 1.54) is 22.5 Å². The average molecular weight is 209 g/mol. The molecular weight excluding hydrogens is 194 g/mol. The van der Waals surface area contributed by atoms with E-state index in [-0.39, 0.29) is 0 Å². The zero-order valence-corrected chi connectivity index (χ0v) is 9.48. The molecule has 0 radical (unpaired) electrons. The Morgan fingerprint density at radius 2 is 1.69 bits per heavy atom. The van der Waals surface area contributed by atoms with Gasteiger partial charge in [0, 0.05) is 17.9 Å². The highest BCUT2D eigenvalue weighted by Crippen LogP contribution is 2.33. The first-order valence-electron chi connectivity index (χ1n) is 5.77. The SMILES string of the molecule is Cc1ccc(N2CCc3ccccc32)cc1. The number of nitrogens with zero attached hydrogens (tertiary/aromatic N) is 1. The van der Waals surface area contributed by atoms with Crippen LogP contribution in [0.25, 0.3) is 0 Å². The van der Waals surface area contributed by atoms with Gasteiger partial charge < -0.3 is 4.90 Å². The fourth-order valence-corrected chi connectivity index (χ4v) is 2.33. The minimum Gasteiger partial charge on any atom is -0.341 e. The van der Waals surface area contributed by atoms with Crippen LogP contribution in [0.15, 0.2) is 48.5 Å². The number of rotatable bonds is 1. The van der Waals surface area contributed by atoms with E-state index in [9.17, 15) is 0 Å². The molecule has 0 spiro atoms. The van der Waals surface area contributed by atoms with Crippen LogP contribution in [-0.2, 0) is 6.42 Å². The van der Waals surface area contributed by atoms with Gasteiger partial charge in [-0.05, 0) is 37.1 Å². The summed E-state index contributed by atoms with van der Waals surface area (Å²) in [4.78, 5) is 2.40. The molecule has 0 saturated carbocycles. The van der Waals surface area contributed by atoms with Gasteiger partial charge in [-0.15, -0.1) is 0 Å². The van der Waals surface area contributed by atoms with Gasteiger partial charge in [-0.2, -0.15) is 0 Å². The summed E-state index contributed by atoms with van der Waals surface area (Å²) in [5.74, 6) is 0. The molecule has 16 heavy (non-hydrogen) atoms. The van der Waals surface area contributed by atoms with Crippen molar-refractivity contribution in [3.05, 3.63) is 59.7 Å². The Morgan fingerprint density at radius 3 is 2.50 bits per heavy atom. The summed E-state index contributed by atoms with van der Waals surface area (Å²) in [6.07, 6.45) is 1.16. The monoisotopic (exact) mass is 209 g/mol. The van der Waals surface area contributed by atoms with Crippen LogP contribution in [0.4, 0.5) is 11.4 Å². The molecule has 0 fully saturated rings. The van der Waals surface area contributed by atoms with E-state index in [4.69, 9.17) is 0 Å². The zero-order valence-electron chi connectivity index (χ0n) is 9.48. The smallest absolute Gasteiger partial charge is 0.0444 e. The van der Waals surface area contributed by atoms with Crippen molar-refractivity contribution in [2.45, 2.75) is 13.3 Å². The Labute approximate surface area is 96.3 Å². The lowest BCUT2D eigenvalue weighted by Gasteiger charge is -2.19. The minimum absolute atomic E-state index is 1.10. The Balaban J connectivity index is 2.01. The summed E-state index contributed by atoms with van der Waals surface area (Å²) in [6.45, 7) is 3.23. The third-order valence-electron chi connectivity index (χ3n) is 3.23. The Morgan fingerprint density at radius 1 is 0.938 bits per heavy atom. The number of fused-ring (bicyclic) bond motifs is 1. The van der Waals surface area contributed by atoms with Crippen LogP contribution in [0, 0.1) is 6.92 Å². The van der Waals surface area contributed by atoms with Crippen LogP contribution in [0.2, 0.25) is 0 Å². The maximum Gasteiger partial charge on any atom is 0.0444 e. The van der Waals surface area contributed by atoms with Gasteiger partial charge in [0.25, 0.3) is 0 Å². The normalized spacial score (nSPS) is 13.9. The second-order valence-corrected chi connectivity index (χ2v) is 4.37. The Kier molecular flexibility index (Phi) is 2.17. The number of benzene rings is 2. The Bertz CT molecular complexity index is 499. The summed E-state index contributed by atoms with van der Waals surface area (Å²) in [7, 11) is 0. The van der Waals surface area contributed by atoms with Gasteiger partial charge in [-0.25, -0.2) is 0 Å². The van der Waals surface area contributed by atoms with Gasteiger partial charge in [-0.3, -0.25) is 0 Å². The van der Waals surface area contributed by atoms with Crippen molar-refractivity contribution in [3.8, 4) is 0 Å². The number of para-hydroxylation sites is 1. The quantitative estimate of drug-likeness (QED) is 0.692. The molecule has 1 heteroatoms. The third kappa shape index (κ3) is 1.49. The summed E-state index contributed by atoms with van der Waals surface area (Å²) < 4.78 is 0. The molecule has 0 N–H and O–H groups in total. The summed E-state index contributed by atoms with van der Waals surface area (Å²) >= 11 is 0. The first kappa shape index (κ1) is 9.46. The zero-order chi connectivity index (χ0) is 11.0. The van der Waals surface area contributed by atoms with Gasteiger partial charge in [0.2, 0.25) is 0 Å². The molecule has 1 aliphatic rings. The summed E-state index contributed by atoms with van der Waals surface area (Å²) in [5.41, 5.74) is 5.45. The molecular formula is C15H15N. The predicted molar refractivity (Wildman–Crippen MR) is 68.3 cm³/mol. The molecule has 0 saturated heterocycles. The lowest BCUT2D eigenvalue weighted by molar-refractivity contribution is 0.998. The molecule has 3 rings (SSSR count). The van der Waals surface area contributed by atoms with Gasteiger partial charge in [0.15, 0.2) is 0 Å². The van der Waals surface area contributed by atoms with Crippen LogP contribution in [0.1, 0.15) is 11.1 Å². The molecule has 2 aromatic carbocycles. The van der Waals surface area contributed by atoms with Crippen LogP contribution >= 0.6 is 0 Å². The summed E-state index contributed by atoms with van der Waals surface area (Å²) in [5, 5.41) is 0. The van der Waals surface area contributed by atoms with E-state index in [0.717, 1.165) is 13.0 Å². The standard InChI is InChI=1S/C15H15N/c1-12-6-8-14(9-7-12)16-11-10-13-4-2-3-5-15(13)16/h2-9H,10-11H2,1H3. The van der Waals surface area contributed by atoms with Crippen molar-refractivity contribution in [3.63, 3.8) is 0 Å². The molecule has 0 aliphatic carbocycles. The van der Waals surface area contributed by atoms with Gasteiger partial charge in [-0.1, -0.05) is 35.9 Å². The molecule has 0 unspecified atom stereocenters. The van der Waals surface area contributed by atoms with Crippen molar-refractivity contribution in [2.24, 2.45) is 0 Å². The lowest BCUT2D eigenvalue weighted by Crippen LogP contribution is -2.12. The van der Waals surface area contributed by atoms with Crippen molar-refractivity contribution in [2.75, 3.05) is 11.4 Å². The average Bonchev–Trinajstić information content (AvgIpc) is 2.74. The van der Waals surface area contributed by atoms with Crippen molar-refractivity contribution in [1.29, 1.82) is 0 Å². The van der Waals surface area contributed by atoms with E-state index in [1.807, 2.05) is 0 Å². The number of anilines is 2. The third-order valence-corrected chi connectivity index (χ3v) is 3.23. The first-order chi connectivity index (χ1) is 7.84. The largest absolute Gasteiger partial charge is 0.341 e.